The molecule has 1 aromatic carbocycles. The lowest BCUT2D eigenvalue weighted by atomic mass is 10.1. The Kier molecular flexibility index (Phi) is 4.72. The number of nitrogens with zero attached hydrogens (tertiary/aromatic N) is 1. The average molecular weight is 421 g/mol. The van der Waals surface area contributed by atoms with Crippen LogP contribution in [0.1, 0.15) is 23.0 Å². The van der Waals surface area contributed by atoms with E-state index in [1.165, 1.54) is 37.6 Å². The highest BCUT2D eigenvalue weighted by Gasteiger charge is 2.36. The Bertz CT molecular complexity index is 1300. The molecule has 1 saturated heterocycles. The minimum Gasteiger partial charge on any atom is -0.495 e. The van der Waals surface area contributed by atoms with Crippen molar-refractivity contribution >= 4 is 37.7 Å². The van der Waals surface area contributed by atoms with Crippen molar-refractivity contribution in [1.82, 2.24) is 4.31 Å². The summed E-state index contributed by atoms with van der Waals surface area (Å²) in [5, 5.41) is 0.196. The topological polar surface area (TPSA) is 116 Å². The summed E-state index contributed by atoms with van der Waals surface area (Å²) in [5.41, 5.74) is -0.953. The smallest absolute Gasteiger partial charge is 0.250 e. The maximum absolute atomic E-state index is 13.5. The molecule has 4 rings (SSSR count). The van der Waals surface area contributed by atoms with Gasteiger partial charge in [0, 0.05) is 13.1 Å². The van der Waals surface area contributed by atoms with Crippen molar-refractivity contribution in [3.05, 3.63) is 33.9 Å². The third kappa shape index (κ3) is 2.86. The van der Waals surface area contributed by atoms with Crippen molar-refractivity contribution in [1.29, 1.82) is 0 Å². The summed E-state index contributed by atoms with van der Waals surface area (Å²) >= 11 is 0. The highest BCUT2D eigenvalue weighted by atomic mass is 32.2. The summed E-state index contributed by atoms with van der Waals surface area (Å²) < 4.78 is 50.2. The monoisotopic (exact) mass is 421 g/mol. The molecule has 9 nitrogen and oxygen atoms in total. The van der Waals surface area contributed by atoms with Gasteiger partial charge in [-0.3, -0.25) is 9.59 Å². The van der Waals surface area contributed by atoms with Crippen LogP contribution in [0.3, 0.4) is 0 Å². The van der Waals surface area contributed by atoms with Crippen LogP contribution in [0.5, 0.6) is 5.75 Å². The number of fused-ring (bicyclic) bond motifs is 2. The number of ketones is 1. The first-order valence-electron chi connectivity index (χ1n) is 8.92. The van der Waals surface area contributed by atoms with Gasteiger partial charge in [-0.1, -0.05) is 0 Å². The summed E-state index contributed by atoms with van der Waals surface area (Å²) in [5.74, 6) is -0.354. The lowest BCUT2D eigenvalue weighted by Gasteiger charge is -2.26. The summed E-state index contributed by atoms with van der Waals surface area (Å²) in [4.78, 5) is 24.9. The van der Waals surface area contributed by atoms with Crippen LogP contribution in [0, 0.1) is 6.92 Å². The molecule has 0 atom stereocenters. The van der Waals surface area contributed by atoms with Crippen molar-refractivity contribution in [2.45, 2.75) is 18.7 Å². The number of morpholine rings is 1. The Balaban J connectivity index is 2.21. The number of Topliss-reactive ketones (excluding diaryl/α,β-unsaturated/α-hetero) is 1. The van der Waals surface area contributed by atoms with Crippen molar-refractivity contribution in [3.8, 4) is 5.75 Å². The second-order valence-electron chi connectivity index (χ2n) is 6.66. The van der Waals surface area contributed by atoms with Gasteiger partial charge in [-0.2, -0.15) is 4.31 Å². The van der Waals surface area contributed by atoms with E-state index in [1.54, 1.807) is 0 Å². The Morgan fingerprint density at radius 3 is 2.52 bits per heavy atom. The molecule has 1 aliphatic rings. The SMILES string of the molecule is COc1c2ccoc2c(S(=O)(=O)N2CCOCC2)c2oc(C)c(C(C)=O)c(=O)c12. The number of aryl methyl sites for hydroxylation is 1. The number of ether oxygens (including phenoxy) is 2. The minimum absolute atomic E-state index is 0.0268. The van der Waals surface area contributed by atoms with Gasteiger partial charge in [0.25, 0.3) is 10.0 Å². The molecule has 1 fully saturated rings. The molecule has 0 amide bonds. The summed E-state index contributed by atoms with van der Waals surface area (Å²) in [6, 6.07) is 1.51. The lowest BCUT2D eigenvalue weighted by molar-refractivity contribution is 0.0730. The van der Waals surface area contributed by atoms with Gasteiger partial charge in [-0.15, -0.1) is 0 Å². The minimum atomic E-state index is -4.09. The summed E-state index contributed by atoms with van der Waals surface area (Å²) in [6.07, 6.45) is 1.31. The quantitative estimate of drug-likeness (QED) is 0.588. The molecule has 0 aliphatic carbocycles. The molecule has 2 aromatic heterocycles. The maximum Gasteiger partial charge on any atom is 0.250 e. The molecule has 0 N–H and O–H groups in total. The van der Waals surface area contributed by atoms with E-state index < -0.39 is 21.2 Å². The van der Waals surface area contributed by atoms with E-state index >= 15 is 0 Å². The lowest BCUT2D eigenvalue weighted by Crippen LogP contribution is -2.40. The molecule has 0 radical (unpaired) electrons. The molecular weight excluding hydrogens is 402 g/mol. The number of sulfonamides is 1. The number of rotatable bonds is 4. The molecule has 1 aliphatic heterocycles. The fourth-order valence-corrected chi connectivity index (χ4v) is 5.34. The van der Waals surface area contributed by atoms with Crippen LogP contribution < -0.4 is 10.2 Å². The predicted octanol–water partition coefficient (Wildman–Crippen LogP) is 2.08. The number of methoxy groups -OCH3 is 1. The molecule has 3 heterocycles. The van der Waals surface area contributed by atoms with Crippen molar-refractivity contribution in [3.63, 3.8) is 0 Å². The number of carbonyl (C=O) groups excluding carboxylic acids is 1. The zero-order chi connectivity index (χ0) is 20.9. The number of benzene rings is 1. The van der Waals surface area contributed by atoms with Crippen LogP contribution in [-0.4, -0.2) is 51.9 Å². The highest BCUT2D eigenvalue weighted by Crippen LogP contribution is 2.41. The molecule has 10 heteroatoms. The van der Waals surface area contributed by atoms with E-state index in [0.717, 1.165) is 0 Å². The first-order valence-corrected chi connectivity index (χ1v) is 10.4. The molecule has 3 aromatic rings. The Morgan fingerprint density at radius 2 is 1.90 bits per heavy atom. The Labute approximate surface area is 165 Å². The van der Waals surface area contributed by atoms with Gasteiger partial charge < -0.3 is 18.3 Å². The second kappa shape index (κ2) is 6.97. The van der Waals surface area contributed by atoms with Gasteiger partial charge >= 0.3 is 0 Å². The first-order chi connectivity index (χ1) is 13.8. The Hall–Kier alpha value is -2.69. The second-order valence-corrected chi connectivity index (χ2v) is 8.54. The molecule has 29 heavy (non-hydrogen) atoms. The zero-order valence-electron chi connectivity index (χ0n) is 16.1. The molecule has 0 spiro atoms. The third-order valence-corrected chi connectivity index (χ3v) is 6.89. The van der Waals surface area contributed by atoms with Gasteiger partial charge in [-0.05, 0) is 19.9 Å². The largest absolute Gasteiger partial charge is 0.495 e. The number of carbonyl (C=O) groups is 1. The molecular formula is C19H19NO8S. The van der Waals surface area contributed by atoms with Gasteiger partial charge in [0.15, 0.2) is 21.8 Å². The van der Waals surface area contributed by atoms with Crippen LogP contribution in [0.2, 0.25) is 0 Å². The normalized spacial score (nSPS) is 15.8. The van der Waals surface area contributed by atoms with E-state index in [9.17, 15) is 18.0 Å². The molecule has 0 unspecified atom stereocenters. The fraction of sp³-hybridized carbons (Fsp3) is 0.368. The van der Waals surface area contributed by atoms with Crippen LogP contribution >= 0.6 is 0 Å². The fourth-order valence-electron chi connectivity index (χ4n) is 3.68. The van der Waals surface area contributed by atoms with Crippen molar-refractivity contribution in [2.75, 3.05) is 33.4 Å². The summed E-state index contributed by atoms with van der Waals surface area (Å²) in [6.45, 7) is 3.53. The van der Waals surface area contributed by atoms with Crippen molar-refractivity contribution in [2.24, 2.45) is 0 Å². The van der Waals surface area contributed by atoms with E-state index in [0.29, 0.717) is 5.39 Å². The van der Waals surface area contributed by atoms with E-state index in [1.807, 2.05) is 0 Å². The van der Waals surface area contributed by atoms with Crippen LogP contribution in [-0.2, 0) is 14.8 Å². The number of furan rings is 1. The van der Waals surface area contributed by atoms with E-state index in [2.05, 4.69) is 0 Å². The van der Waals surface area contributed by atoms with Crippen LogP contribution in [0.25, 0.3) is 21.9 Å². The zero-order valence-corrected chi connectivity index (χ0v) is 16.9. The highest BCUT2D eigenvalue weighted by molar-refractivity contribution is 7.89. The number of hydrogen-bond donors (Lipinski definition) is 0. The van der Waals surface area contributed by atoms with Gasteiger partial charge in [-0.25, -0.2) is 8.42 Å². The van der Waals surface area contributed by atoms with E-state index in [-0.39, 0.29) is 64.8 Å². The molecule has 0 bridgehead atoms. The average Bonchev–Trinajstić information content (AvgIpc) is 3.15. The summed E-state index contributed by atoms with van der Waals surface area (Å²) in [7, 11) is -2.74. The maximum atomic E-state index is 13.5. The van der Waals surface area contributed by atoms with Crippen molar-refractivity contribution < 1.29 is 31.5 Å². The predicted molar refractivity (Wildman–Crippen MR) is 103 cm³/mol. The third-order valence-electron chi connectivity index (χ3n) is 4.96. The molecule has 154 valence electrons. The molecule has 0 saturated carbocycles. The van der Waals surface area contributed by atoms with Gasteiger partial charge in [0.05, 0.1) is 32.0 Å². The number of hydrogen-bond acceptors (Lipinski definition) is 8. The Morgan fingerprint density at radius 1 is 1.21 bits per heavy atom. The van der Waals surface area contributed by atoms with Crippen LogP contribution in [0.4, 0.5) is 0 Å². The van der Waals surface area contributed by atoms with Crippen LogP contribution in [0.15, 0.2) is 30.9 Å². The first kappa shape index (κ1) is 19.6. The van der Waals surface area contributed by atoms with Gasteiger partial charge in [0.2, 0.25) is 5.43 Å². The van der Waals surface area contributed by atoms with Gasteiger partial charge in [0.1, 0.15) is 22.5 Å². The standard InChI is InChI=1S/C19H19NO8S/c1-10(21)13-11(2)28-18-14(15(13)22)16(25-3)12-4-7-27-17(12)19(18)29(23,24)20-5-8-26-9-6-20/h4,7H,5-6,8-9H2,1-3H3. The van der Waals surface area contributed by atoms with E-state index in [4.69, 9.17) is 18.3 Å².